The second-order valence-corrected chi connectivity index (χ2v) is 2.33. The molecule has 4 nitrogen and oxygen atoms in total. The van der Waals surface area contributed by atoms with Gasteiger partial charge in [0.15, 0.2) is 4.64 Å². The predicted molar refractivity (Wildman–Crippen MR) is 38.1 cm³/mol. The molecule has 1 aromatic heterocycles. The highest BCUT2D eigenvalue weighted by Crippen LogP contribution is 2.13. The van der Waals surface area contributed by atoms with Crippen molar-refractivity contribution in [3.05, 3.63) is 10.2 Å². The van der Waals surface area contributed by atoms with Gasteiger partial charge in [-0.15, -0.1) is 12.6 Å². The Morgan fingerprint density at radius 1 is 1.80 bits per heavy atom. The average Bonchev–Trinajstić information content (AvgIpc) is 2.11. The van der Waals surface area contributed by atoms with Crippen LogP contribution in [0.25, 0.3) is 0 Å². The van der Waals surface area contributed by atoms with Crippen LogP contribution in [0.1, 0.15) is 10.4 Å². The number of hydrogen-bond acceptors (Lipinski definition) is 4. The highest BCUT2D eigenvalue weighted by atomic mass is 32.1. The van der Waals surface area contributed by atoms with Gasteiger partial charge in [-0.1, -0.05) is 12.2 Å². The van der Waals surface area contributed by atoms with Crippen LogP contribution in [0.5, 0.6) is 0 Å². The molecule has 0 spiro atoms. The fraction of sp³-hybridized carbons (Fsp3) is 0. The summed E-state index contributed by atoms with van der Waals surface area (Å²) < 4.78 is 4.56. The number of carboxylic acid groups (broad SMARTS) is 1. The number of aromatic carboxylic acids is 1. The molecule has 0 aliphatic heterocycles. The lowest BCUT2D eigenvalue weighted by Gasteiger charge is -1.82. The lowest BCUT2D eigenvalue weighted by molar-refractivity contribution is 0.0690. The van der Waals surface area contributed by atoms with Crippen molar-refractivity contribution in [1.29, 1.82) is 0 Å². The second-order valence-electron chi connectivity index (χ2n) is 1.52. The predicted octanol–water partition coefficient (Wildman–Crippen LogP) is 1.32. The van der Waals surface area contributed by atoms with E-state index < -0.39 is 5.97 Å². The summed E-state index contributed by atoms with van der Waals surface area (Å²) in [4.78, 5) is 10.3. The summed E-state index contributed by atoms with van der Waals surface area (Å²) in [5, 5.41) is 10.6. The molecule has 54 valence electrons. The van der Waals surface area contributed by atoms with Gasteiger partial charge in [0, 0.05) is 0 Å². The largest absolute Gasteiger partial charge is 0.477 e. The van der Waals surface area contributed by atoms with Gasteiger partial charge in [-0.05, 0) is 0 Å². The zero-order valence-electron chi connectivity index (χ0n) is 4.62. The van der Waals surface area contributed by atoms with Crippen LogP contribution in [0.4, 0.5) is 0 Å². The van der Waals surface area contributed by atoms with Gasteiger partial charge < -0.3 is 9.63 Å². The number of aromatic nitrogens is 1. The van der Waals surface area contributed by atoms with Crippen LogP contribution >= 0.6 is 24.8 Å². The Balaban J connectivity index is 3.37. The molecule has 1 aromatic rings. The van der Waals surface area contributed by atoms with Gasteiger partial charge in [0.25, 0.3) is 0 Å². The molecule has 0 radical (unpaired) electrons. The molecular formula is C4H3NO3S2. The van der Waals surface area contributed by atoms with Gasteiger partial charge in [0.1, 0.15) is 5.56 Å². The molecule has 0 aliphatic rings. The molecule has 0 aromatic carbocycles. The molecule has 0 fully saturated rings. The average molecular weight is 177 g/mol. The van der Waals surface area contributed by atoms with Gasteiger partial charge in [-0.25, -0.2) is 9.95 Å². The Morgan fingerprint density at radius 3 is 2.60 bits per heavy atom. The monoisotopic (exact) mass is 177 g/mol. The lowest BCUT2D eigenvalue weighted by atomic mass is 10.4. The normalized spacial score (nSPS) is 9.70. The number of carboxylic acids is 1. The van der Waals surface area contributed by atoms with Crippen LogP contribution < -0.4 is 0 Å². The molecule has 0 aliphatic carbocycles. The van der Waals surface area contributed by atoms with E-state index in [9.17, 15) is 4.79 Å². The van der Waals surface area contributed by atoms with Crippen molar-refractivity contribution in [2.45, 2.75) is 5.09 Å². The van der Waals surface area contributed by atoms with E-state index in [0.717, 1.165) is 0 Å². The number of carbonyl (C=O) groups is 1. The third kappa shape index (κ3) is 1.07. The molecule has 0 saturated heterocycles. The summed E-state index contributed by atoms with van der Waals surface area (Å²) in [6.45, 7) is 0. The molecule has 0 unspecified atom stereocenters. The third-order valence-electron chi connectivity index (χ3n) is 0.895. The third-order valence-corrected chi connectivity index (χ3v) is 1.50. The summed E-state index contributed by atoms with van der Waals surface area (Å²) in [5.74, 6) is -1.14. The first-order valence-corrected chi connectivity index (χ1v) is 3.12. The van der Waals surface area contributed by atoms with E-state index in [1.807, 2.05) is 0 Å². The molecule has 0 amide bonds. The summed E-state index contributed by atoms with van der Waals surface area (Å²) in [6.07, 6.45) is 0. The Kier molecular flexibility index (Phi) is 1.82. The Morgan fingerprint density at radius 2 is 2.40 bits per heavy atom. The van der Waals surface area contributed by atoms with E-state index in [1.165, 1.54) is 0 Å². The maximum atomic E-state index is 10.3. The summed E-state index contributed by atoms with van der Waals surface area (Å²) >= 11 is 8.28. The van der Waals surface area contributed by atoms with Crippen molar-refractivity contribution >= 4 is 30.8 Å². The number of hydrogen-bond donors (Lipinski definition) is 3. The molecular weight excluding hydrogens is 174 g/mol. The van der Waals surface area contributed by atoms with Gasteiger partial charge in [-0.3, -0.25) is 0 Å². The SMILES string of the molecule is O=C(O)c1c(S)o[nH]c1=S. The Labute approximate surface area is 66.2 Å². The molecule has 1 rings (SSSR count). The van der Waals surface area contributed by atoms with Crippen LogP contribution in [0, 0.1) is 4.64 Å². The minimum atomic E-state index is -1.14. The molecule has 6 heteroatoms. The molecule has 0 bridgehead atoms. The van der Waals surface area contributed by atoms with Crippen molar-refractivity contribution in [1.82, 2.24) is 5.16 Å². The van der Waals surface area contributed by atoms with E-state index in [2.05, 4.69) is 34.5 Å². The Bertz CT molecular complexity index is 313. The van der Waals surface area contributed by atoms with Crippen LogP contribution in [0.3, 0.4) is 0 Å². The number of thiol groups is 1. The summed E-state index contributed by atoms with van der Waals surface area (Å²) in [5.41, 5.74) is -0.0988. The first kappa shape index (κ1) is 7.36. The van der Waals surface area contributed by atoms with Crippen molar-refractivity contribution < 1.29 is 14.4 Å². The van der Waals surface area contributed by atoms with Gasteiger partial charge in [0.05, 0.1) is 0 Å². The zero-order valence-corrected chi connectivity index (χ0v) is 6.33. The van der Waals surface area contributed by atoms with Gasteiger partial charge in [-0.2, -0.15) is 0 Å². The first-order chi connectivity index (χ1) is 4.63. The first-order valence-electron chi connectivity index (χ1n) is 2.26. The molecule has 1 heterocycles. The standard InChI is InChI=1S/C4H3NO3S2/c6-3(7)1-2(9)5-8-4(1)10/h10H,(H,5,9)(H,6,7). The fourth-order valence-corrected chi connectivity index (χ4v) is 1.03. The maximum Gasteiger partial charge on any atom is 0.343 e. The highest BCUT2D eigenvalue weighted by molar-refractivity contribution is 7.80. The van der Waals surface area contributed by atoms with Crippen molar-refractivity contribution in [2.75, 3.05) is 0 Å². The number of H-pyrrole nitrogens is 1. The highest BCUT2D eigenvalue weighted by Gasteiger charge is 2.13. The van der Waals surface area contributed by atoms with E-state index in [1.54, 1.807) is 0 Å². The number of nitrogens with one attached hydrogen (secondary N) is 1. The Hall–Kier alpha value is -0.750. The van der Waals surface area contributed by atoms with Crippen molar-refractivity contribution in [3.63, 3.8) is 0 Å². The fourth-order valence-electron chi connectivity index (χ4n) is 0.482. The van der Waals surface area contributed by atoms with E-state index >= 15 is 0 Å². The molecule has 0 saturated carbocycles. The van der Waals surface area contributed by atoms with Gasteiger partial charge in [0.2, 0.25) is 5.09 Å². The topological polar surface area (TPSA) is 66.2 Å². The van der Waals surface area contributed by atoms with Crippen LogP contribution in [0.15, 0.2) is 9.62 Å². The van der Waals surface area contributed by atoms with Gasteiger partial charge >= 0.3 is 5.97 Å². The number of rotatable bonds is 1. The molecule has 10 heavy (non-hydrogen) atoms. The summed E-state index contributed by atoms with van der Waals surface area (Å²) in [7, 11) is 0. The summed E-state index contributed by atoms with van der Waals surface area (Å²) in [6, 6.07) is 0. The molecule has 0 atom stereocenters. The van der Waals surface area contributed by atoms with Crippen LogP contribution in [-0.2, 0) is 0 Å². The van der Waals surface area contributed by atoms with Crippen LogP contribution in [-0.4, -0.2) is 16.2 Å². The lowest BCUT2D eigenvalue weighted by Crippen LogP contribution is -1.95. The van der Waals surface area contributed by atoms with E-state index in [-0.39, 0.29) is 15.3 Å². The zero-order chi connectivity index (χ0) is 7.72. The van der Waals surface area contributed by atoms with Crippen molar-refractivity contribution in [3.8, 4) is 0 Å². The minimum absolute atomic E-state index is 0.00231. The molecule has 2 N–H and O–H groups in total. The smallest absolute Gasteiger partial charge is 0.343 e. The van der Waals surface area contributed by atoms with E-state index in [0.29, 0.717) is 0 Å². The maximum absolute atomic E-state index is 10.3. The second kappa shape index (κ2) is 2.47. The van der Waals surface area contributed by atoms with Crippen molar-refractivity contribution in [2.24, 2.45) is 0 Å². The van der Waals surface area contributed by atoms with E-state index in [4.69, 9.17) is 5.11 Å². The quantitative estimate of drug-likeness (QED) is 0.447. The minimum Gasteiger partial charge on any atom is -0.477 e. The number of aromatic amines is 1. The van der Waals surface area contributed by atoms with Crippen LogP contribution in [0.2, 0.25) is 0 Å².